The van der Waals surface area contributed by atoms with E-state index in [1.165, 1.54) is 19.4 Å². The van der Waals surface area contributed by atoms with E-state index < -0.39 is 0 Å². The van der Waals surface area contributed by atoms with Gasteiger partial charge in [-0.2, -0.15) is 5.10 Å². The summed E-state index contributed by atoms with van der Waals surface area (Å²) in [6.45, 7) is 5.76. The fourth-order valence-corrected chi connectivity index (χ4v) is 2.35. The van der Waals surface area contributed by atoms with Crippen LogP contribution in [0.15, 0.2) is 16.9 Å². The Labute approximate surface area is 93.2 Å². The predicted octanol–water partition coefficient (Wildman–Crippen LogP) is 2.30. The fourth-order valence-electron chi connectivity index (χ4n) is 2.05. The number of piperidine rings is 1. The van der Waals surface area contributed by atoms with Crippen molar-refractivity contribution in [3.63, 3.8) is 0 Å². The molecule has 1 saturated heterocycles. The van der Waals surface area contributed by atoms with E-state index in [9.17, 15) is 0 Å². The third-order valence-electron chi connectivity index (χ3n) is 2.87. The van der Waals surface area contributed by atoms with Gasteiger partial charge >= 0.3 is 0 Å². The van der Waals surface area contributed by atoms with Crippen molar-refractivity contribution in [3.05, 3.63) is 16.9 Å². The number of hydrogen-bond acceptors (Lipinski definition) is 2. The van der Waals surface area contributed by atoms with Crippen molar-refractivity contribution >= 4 is 15.9 Å². The molecule has 78 valence electrons. The van der Waals surface area contributed by atoms with Crippen molar-refractivity contribution < 1.29 is 0 Å². The average Bonchev–Trinajstić information content (AvgIpc) is 2.65. The summed E-state index contributed by atoms with van der Waals surface area (Å²) < 4.78 is 3.16. The highest BCUT2D eigenvalue weighted by Crippen LogP contribution is 2.21. The van der Waals surface area contributed by atoms with Crippen LogP contribution in [0.5, 0.6) is 0 Å². The molecular formula is C10H16BrN3. The molecule has 3 nitrogen and oxygen atoms in total. The quantitative estimate of drug-likeness (QED) is 0.811. The molecule has 0 aliphatic carbocycles. The molecule has 0 saturated carbocycles. The standard InChI is InChI=1S/C10H16BrN3/c1-2-13-5-3-4-10(8-13)14-7-9(11)6-12-14/h6-7,10H,2-5,8H2,1H3. The zero-order valence-electron chi connectivity index (χ0n) is 8.49. The van der Waals surface area contributed by atoms with Gasteiger partial charge in [0, 0.05) is 12.7 Å². The Hall–Kier alpha value is -0.350. The largest absolute Gasteiger partial charge is 0.301 e. The van der Waals surface area contributed by atoms with Crippen molar-refractivity contribution in [2.45, 2.75) is 25.8 Å². The van der Waals surface area contributed by atoms with Crippen molar-refractivity contribution in [2.24, 2.45) is 0 Å². The highest BCUT2D eigenvalue weighted by Gasteiger charge is 2.20. The lowest BCUT2D eigenvalue weighted by Crippen LogP contribution is -2.36. The molecule has 14 heavy (non-hydrogen) atoms. The molecular weight excluding hydrogens is 242 g/mol. The van der Waals surface area contributed by atoms with Gasteiger partial charge < -0.3 is 4.90 Å². The Morgan fingerprint density at radius 3 is 3.14 bits per heavy atom. The van der Waals surface area contributed by atoms with Gasteiger partial charge in [-0.1, -0.05) is 6.92 Å². The van der Waals surface area contributed by atoms with E-state index in [-0.39, 0.29) is 0 Å². The van der Waals surface area contributed by atoms with Gasteiger partial charge in [0.15, 0.2) is 0 Å². The van der Waals surface area contributed by atoms with Crippen molar-refractivity contribution in [1.29, 1.82) is 0 Å². The second-order valence-corrected chi connectivity index (χ2v) is 4.74. The molecule has 1 atom stereocenters. The molecule has 1 aliphatic rings. The summed E-state index contributed by atoms with van der Waals surface area (Å²) in [4.78, 5) is 2.49. The van der Waals surface area contributed by atoms with Gasteiger partial charge in [0.1, 0.15) is 0 Å². The Morgan fingerprint density at radius 2 is 2.50 bits per heavy atom. The lowest BCUT2D eigenvalue weighted by molar-refractivity contribution is 0.177. The molecule has 1 aliphatic heterocycles. The number of likely N-dealkylation sites (N-methyl/N-ethyl adjacent to an activating group) is 1. The van der Waals surface area contributed by atoms with Crippen LogP contribution in [0, 0.1) is 0 Å². The number of halogens is 1. The van der Waals surface area contributed by atoms with E-state index in [0.29, 0.717) is 6.04 Å². The van der Waals surface area contributed by atoms with Gasteiger partial charge in [-0.3, -0.25) is 4.68 Å². The first-order valence-electron chi connectivity index (χ1n) is 5.21. The van der Waals surface area contributed by atoms with Crippen LogP contribution >= 0.6 is 15.9 Å². The number of rotatable bonds is 2. The molecule has 2 rings (SSSR count). The number of nitrogens with zero attached hydrogens (tertiary/aromatic N) is 3. The Balaban J connectivity index is 2.04. The lowest BCUT2D eigenvalue weighted by Gasteiger charge is -2.31. The maximum absolute atomic E-state index is 4.35. The van der Waals surface area contributed by atoms with Crippen LogP contribution in [0.3, 0.4) is 0 Å². The van der Waals surface area contributed by atoms with Crippen LogP contribution in [0.1, 0.15) is 25.8 Å². The minimum absolute atomic E-state index is 0.565. The summed E-state index contributed by atoms with van der Waals surface area (Å²) in [6, 6.07) is 0.565. The van der Waals surface area contributed by atoms with Gasteiger partial charge in [0.05, 0.1) is 16.7 Å². The Bertz CT molecular complexity index is 297. The fraction of sp³-hybridized carbons (Fsp3) is 0.700. The molecule has 0 aromatic carbocycles. The predicted molar refractivity (Wildman–Crippen MR) is 60.3 cm³/mol. The van der Waals surface area contributed by atoms with Crippen LogP contribution in [-0.2, 0) is 0 Å². The SMILES string of the molecule is CCN1CCCC(n2cc(Br)cn2)C1. The zero-order valence-corrected chi connectivity index (χ0v) is 10.1. The third-order valence-corrected chi connectivity index (χ3v) is 3.28. The monoisotopic (exact) mass is 257 g/mol. The van der Waals surface area contributed by atoms with E-state index in [4.69, 9.17) is 0 Å². The summed E-state index contributed by atoms with van der Waals surface area (Å²) in [5.74, 6) is 0. The molecule has 0 radical (unpaired) electrons. The van der Waals surface area contributed by atoms with Crippen LogP contribution in [-0.4, -0.2) is 34.3 Å². The van der Waals surface area contributed by atoms with Gasteiger partial charge in [-0.15, -0.1) is 0 Å². The van der Waals surface area contributed by atoms with Gasteiger partial charge in [-0.05, 0) is 41.9 Å². The molecule has 1 aromatic heterocycles. The third kappa shape index (κ3) is 2.17. The maximum atomic E-state index is 4.35. The average molecular weight is 258 g/mol. The molecule has 4 heteroatoms. The first-order valence-corrected chi connectivity index (χ1v) is 6.01. The normalized spacial score (nSPS) is 24.0. The molecule has 0 amide bonds. The molecule has 2 heterocycles. The minimum Gasteiger partial charge on any atom is -0.301 e. The van der Waals surface area contributed by atoms with Gasteiger partial charge in [0.25, 0.3) is 0 Å². The number of hydrogen-bond donors (Lipinski definition) is 0. The van der Waals surface area contributed by atoms with E-state index in [2.05, 4.69) is 43.7 Å². The molecule has 1 aromatic rings. The molecule has 0 spiro atoms. The molecule has 0 bridgehead atoms. The lowest BCUT2D eigenvalue weighted by atomic mass is 10.1. The van der Waals surface area contributed by atoms with Gasteiger partial charge in [-0.25, -0.2) is 0 Å². The summed E-state index contributed by atoms with van der Waals surface area (Å²) in [5.41, 5.74) is 0. The zero-order chi connectivity index (χ0) is 9.97. The van der Waals surface area contributed by atoms with E-state index in [1.807, 2.05) is 6.20 Å². The maximum Gasteiger partial charge on any atom is 0.0647 e. The summed E-state index contributed by atoms with van der Waals surface area (Å²) in [5, 5.41) is 4.35. The van der Waals surface area contributed by atoms with Crippen molar-refractivity contribution in [3.8, 4) is 0 Å². The van der Waals surface area contributed by atoms with Crippen LogP contribution in [0.2, 0.25) is 0 Å². The first kappa shape index (κ1) is 10.2. The van der Waals surface area contributed by atoms with E-state index in [1.54, 1.807) is 0 Å². The topological polar surface area (TPSA) is 21.1 Å². The molecule has 1 fully saturated rings. The van der Waals surface area contributed by atoms with Gasteiger partial charge in [0.2, 0.25) is 0 Å². The minimum atomic E-state index is 0.565. The molecule has 1 unspecified atom stereocenters. The highest BCUT2D eigenvalue weighted by atomic mass is 79.9. The van der Waals surface area contributed by atoms with Crippen LogP contribution < -0.4 is 0 Å². The number of likely N-dealkylation sites (tertiary alicyclic amines) is 1. The summed E-state index contributed by atoms with van der Waals surface area (Å²) in [6.07, 6.45) is 6.48. The second kappa shape index (κ2) is 4.45. The van der Waals surface area contributed by atoms with Crippen molar-refractivity contribution in [1.82, 2.24) is 14.7 Å². The van der Waals surface area contributed by atoms with Crippen LogP contribution in [0.4, 0.5) is 0 Å². The smallest absolute Gasteiger partial charge is 0.0647 e. The highest BCUT2D eigenvalue weighted by molar-refractivity contribution is 9.10. The Morgan fingerprint density at radius 1 is 1.64 bits per heavy atom. The van der Waals surface area contributed by atoms with E-state index >= 15 is 0 Å². The first-order chi connectivity index (χ1) is 6.79. The summed E-state index contributed by atoms with van der Waals surface area (Å²) >= 11 is 3.43. The van der Waals surface area contributed by atoms with Crippen LogP contribution in [0.25, 0.3) is 0 Å². The molecule has 0 N–H and O–H groups in total. The number of aromatic nitrogens is 2. The Kier molecular flexibility index (Phi) is 3.23. The van der Waals surface area contributed by atoms with Crippen molar-refractivity contribution in [2.75, 3.05) is 19.6 Å². The van der Waals surface area contributed by atoms with E-state index in [0.717, 1.165) is 17.6 Å². The summed E-state index contributed by atoms with van der Waals surface area (Å²) in [7, 11) is 0. The second-order valence-electron chi connectivity index (χ2n) is 3.83.